The van der Waals surface area contributed by atoms with E-state index >= 15 is 0 Å². The smallest absolute Gasteiger partial charge is 0.0999 e. The highest BCUT2D eigenvalue weighted by molar-refractivity contribution is 5.78. The van der Waals surface area contributed by atoms with Gasteiger partial charge in [-0.1, -0.05) is 13.8 Å². The Morgan fingerprint density at radius 1 is 1.08 bits per heavy atom. The molecule has 24 heavy (non-hydrogen) atoms. The molecule has 7 heteroatoms. The van der Waals surface area contributed by atoms with Crippen LogP contribution in [0.25, 0.3) is 28.0 Å². The molecule has 0 aliphatic heterocycles. The zero-order valence-corrected chi connectivity index (χ0v) is 13.7. The first-order chi connectivity index (χ1) is 11.8. The summed E-state index contributed by atoms with van der Waals surface area (Å²) in [5.74, 6) is 0. The summed E-state index contributed by atoms with van der Waals surface area (Å²) in [7, 11) is 0. The van der Waals surface area contributed by atoms with E-state index in [-0.39, 0.29) is 0 Å². The first-order valence-electron chi connectivity index (χ1n) is 8.18. The minimum atomic E-state index is 0.414. The molecule has 0 amide bonds. The second-order valence-electron chi connectivity index (χ2n) is 5.80. The zero-order valence-electron chi connectivity index (χ0n) is 13.7. The summed E-state index contributed by atoms with van der Waals surface area (Å²) in [6.07, 6.45) is 13.4. The van der Waals surface area contributed by atoms with Gasteiger partial charge in [-0.15, -0.1) is 0 Å². The molecule has 0 atom stereocenters. The minimum Gasteiger partial charge on any atom is -0.285 e. The number of fused-ring (bicyclic) bond motifs is 1. The largest absolute Gasteiger partial charge is 0.285 e. The van der Waals surface area contributed by atoms with E-state index in [1.165, 1.54) is 0 Å². The molecule has 0 radical (unpaired) electrons. The van der Waals surface area contributed by atoms with Gasteiger partial charge in [-0.3, -0.25) is 9.78 Å². The van der Waals surface area contributed by atoms with E-state index in [9.17, 15) is 0 Å². The predicted octanol–water partition coefficient (Wildman–Crippen LogP) is 3.34. The van der Waals surface area contributed by atoms with Crippen molar-refractivity contribution in [2.24, 2.45) is 0 Å². The Bertz CT molecular complexity index is 945. The molecule has 0 aliphatic carbocycles. The molecule has 4 rings (SSSR count). The molecule has 4 aromatic heterocycles. The number of hydrogen-bond acceptors (Lipinski definition) is 4. The van der Waals surface area contributed by atoms with Crippen molar-refractivity contribution < 1.29 is 0 Å². The van der Waals surface area contributed by atoms with Gasteiger partial charge in [-0.05, 0) is 18.9 Å². The summed E-state index contributed by atoms with van der Waals surface area (Å²) in [4.78, 5) is 4.84. The highest BCUT2D eigenvalue weighted by Crippen LogP contribution is 2.27. The monoisotopic (exact) mass is 321 g/mol. The lowest BCUT2D eigenvalue weighted by molar-refractivity contribution is 0.428. The van der Waals surface area contributed by atoms with Gasteiger partial charge in [0, 0.05) is 23.5 Å². The van der Waals surface area contributed by atoms with Crippen LogP contribution in [-0.4, -0.2) is 34.6 Å². The van der Waals surface area contributed by atoms with Crippen LogP contribution in [0, 0.1) is 0 Å². The molecule has 0 unspecified atom stereocenters. The Balaban J connectivity index is 1.85. The van der Waals surface area contributed by atoms with Gasteiger partial charge in [0.1, 0.15) is 0 Å². The average molecular weight is 321 g/mol. The van der Waals surface area contributed by atoms with E-state index in [2.05, 4.69) is 40.4 Å². The number of rotatable bonds is 5. The summed E-state index contributed by atoms with van der Waals surface area (Å²) in [5.41, 5.74) is 4.60. The molecule has 0 saturated carbocycles. The van der Waals surface area contributed by atoms with Gasteiger partial charge in [0.2, 0.25) is 0 Å². The lowest BCUT2D eigenvalue weighted by atomic mass is 10.1. The van der Waals surface area contributed by atoms with Crippen LogP contribution < -0.4 is 0 Å². The predicted molar refractivity (Wildman–Crippen MR) is 91.4 cm³/mol. The highest BCUT2D eigenvalue weighted by Gasteiger charge is 2.15. The van der Waals surface area contributed by atoms with Crippen molar-refractivity contribution in [3.63, 3.8) is 0 Å². The van der Waals surface area contributed by atoms with Crippen molar-refractivity contribution in [3.05, 3.63) is 43.2 Å². The Hall–Kier alpha value is -2.96. The number of nitrogens with zero attached hydrogens (tertiary/aromatic N) is 6. The molecule has 1 N–H and O–H groups in total. The van der Waals surface area contributed by atoms with Gasteiger partial charge < -0.3 is 0 Å². The first kappa shape index (κ1) is 14.6. The van der Waals surface area contributed by atoms with Gasteiger partial charge in [-0.2, -0.15) is 15.3 Å². The SMILES string of the molecule is CCC(CC)n1cc(-c2nc(-c3cn[nH]c3)cn3nccc23)cn1. The van der Waals surface area contributed by atoms with E-state index in [1.54, 1.807) is 12.4 Å². The highest BCUT2D eigenvalue weighted by atomic mass is 15.3. The molecular weight excluding hydrogens is 302 g/mol. The summed E-state index contributed by atoms with van der Waals surface area (Å²) in [5, 5.41) is 15.7. The minimum absolute atomic E-state index is 0.414. The van der Waals surface area contributed by atoms with Gasteiger partial charge in [-0.25, -0.2) is 9.50 Å². The van der Waals surface area contributed by atoms with E-state index < -0.39 is 0 Å². The maximum atomic E-state index is 4.84. The number of aromatic amines is 1. The van der Waals surface area contributed by atoms with Gasteiger partial charge in [0.25, 0.3) is 0 Å². The molecule has 7 nitrogen and oxygen atoms in total. The van der Waals surface area contributed by atoms with Gasteiger partial charge in [0.15, 0.2) is 0 Å². The first-order valence-corrected chi connectivity index (χ1v) is 8.18. The van der Waals surface area contributed by atoms with Crippen molar-refractivity contribution in [2.45, 2.75) is 32.7 Å². The standard InChI is InChI=1S/C17H19N7/c1-3-14(4-2)23-10-13(9-21-23)17-16-5-6-20-24(16)11-15(22-17)12-7-18-19-8-12/h5-11,14H,3-4H2,1-2H3,(H,18,19). The van der Waals surface area contributed by atoms with Crippen LogP contribution >= 0.6 is 0 Å². The topological polar surface area (TPSA) is 76.7 Å². The molecule has 4 heterocycles. The third-order valence-corrected chi connectivity index (χ3v) is 4.38. The molecule has 122 valence electrons. The Labute approximate surface area is 139 Å². The van der Waals surface area contributed by atoms with E-state index in [0.29, 0.717) is 6.04 Å². The van der Waals surface area contributed by atoms with Crippen molar-refractivity contribution in [2.75, 3.05) is 0 Å². The van der Waals surface area contributed by atoms with Crippen molar-refractivity contribution in [1.82, 2.24) is 34.6 Å². The maximum absolute atomic E-state index is 4.84. The summed E-state index contributed by atoms with van der Waals surface area (Å²) >= 11 is 0. The lowest BCUT2D eigenvalue weighted by Gasteiger charge is -2.12. The van der Waals surface area contributed by atoms with Crippen LogP contribution in [0.15, 0.2) is 43.2 Å². The number of hydrogen-bond donors (Lipinski definition) is 1. The second-order valence-corrected chi connectivity index (χ2v) is 5.80. The van der Waals surface area contributed by atoms with Crippen LogP contribution in [0.4, 0.5) is 0 Å². The fraction of sp³-hybridized carbons (Fsp3) is 0.294. The van der Waals surface area contributed by atoms with Crippen LogP contribution in [0.2, 0.25) is 0 Å². The van der Waals surface area contributed by atoms with Crippen molar-refractivity contribution >= 4 is 5.52 Å². The number of aromatic nitrogens is 7. The molecule has 0 aromatic carbocycles. The molecule has 0 aliphatic rings. The molecule has 0 bridgehead atoms. The second kappa shape index (κ2) is 5.92. The zero-order chi connectivity index (χ0) is 16.5. The van der Waals surface area contributed by atoms with Crippen molar-refractivity contribution in [3.8, 4) is 22.5 Å². The Morgan fingerprint density at radius 2 is 1.96 bits per heavy atom. The van der Waals surface area contributed by atoms with Crippen LogP contribution in [0.3, 0.4) is 0 Å². The average Bonchev–Trinajstić information content (AvgIpc) is 3.35. The molecule has 0 saturated heterocycles. The Morgan fingerprint density at radius 3 is 2.71 bits per heavy atom. The summed E-state index contributed by atoms with van der Waals surface area (Å²) < 4.78 is 3.88. The fourth-order valence-corrected chi connectivity index (χ4v) is 2.99. The normalized spacial score (nSPS) is 11.6. The number of H-pyrrole nitrogens is 1. The lowest BCUT2D eigenvalue weighted by Crippen LogP contribution is -2.06. The number of nitrogens with one attached hydrogen (secondary N) is 1. The molecule has 0 fully saturated rings. The van der Waals surface area contributed by atoms with Gasteiger partial charge in [0.05, 0.1) is 47.7 Å². The summed E-state index contributed by atoms with van der Waals surface area (Å²) in [6, 6.07) is 2.38. The van der Waals surface area contributed by atoms with Crippen LogP contribution in [0.1, 0.15) is 32.7 Å². The molecular formula is C17H19N7. The summed E-state index contributed by atoms with van der Waals surface area (Å²) in [6.45, 7) is 4.37. The van der Waals surface area contributed by atoms with E-state index in [4.69, 9.17) is 4.98 Å². The van der Waals surface area contributed by atoms with E-state index in [0.717, 1.165) is 40.9 Å². The van der Waals surface area contributed by atoms with Gasteiger partial charge >= 0.3 is 0 Å². The Kier molecular flexibility index (Phi) is 3.60. The molecule has 0 spiro atoms. The fourth-order valence-electron chi connectivity index (χ4n) is 2.99. The third-order valence-electron chi connectivity index (χ3n) is 4.38. The maximum Gasteiger partial charge on any atom is 0.0999 e. The van der Waals surface area contributed by atoms with Crippen LogP contribution in [0.5, 0.6) is 0 Å². The third kappa shape index (κ3) is 2.38. The quantitative estimate of drug-likeness (QED) is 0.611. The molecule has 4 aromatic rings. The van der Waals surface area contributed by atoms with E-state index in [1.807, 2.05) is 33.9 Å². The van der Waals surface area contributed by atoms with Crippen LogP contribution in [-0.2, 0) is 0 Å². The van der Waals surface area contributed by atoms with Crippen molar-refractivity contribution in [1.29, 1.82) is 0 Å².